The molecule has 1 aliphatic rings. The van der Waals surface area contributed by atoms with Crippen LogP contribution >= 0.6 is 36.2 Å². The number of piperazine rings is 1. The fourth-order valence-corrected chi connectivity index (χ4v) is 4.01. The molecule has 11 heteroatoms. The smallest absolute Gasteiger partial charge is 0.314 e. The van der Waals surface area contributed by atoms with E-state index >= 15 is 0 Å². The monoisotopic (exact) mass is 466 g/mol. The predicted octanol–water partition coefficient (Wildman–Crippen LogP) is 5.62. The Morgan fingerprint density at radius 3 is 2.07 bits per heavy atom. The molecule has 0 aliphatic carbocycles. The number of hydrogen-bond donors (Lipinski definition) is 1. The Hall–Kier alpha value is -1.00. The molecule has 0 unspecified atom stereocenters. The van der Waals surface area contributed by atoms with Crippen molar-refractivity contribution in [2.75, 3.05) is 26.2 Å². The molecule has 1 aromatic carbocycles. The first-order chi connectivity index (χ1) is 12.2. The van der Waals surface area contributed by atoms with Crippen LogP contribution in [0.3, 0.4) is 0 Å². The molecule has 2 aromatic rings. The van der Waals surface area contributed by atoms with Crippen molar-refractivity contribution in [3.8, 4) is 0 Å². The quantitative estimate of drug-likeness (QED) is 0.590. The predicted molar refractivity (Wildman–Crippen MR) is 102 cm³/mol. The van der Waals surface area contributed by atoms with Crippen molar-refractivity contribution in [3.63, 3.8) is 0 Å². The summed E-state index contributed by atoms with van der Waals surface area (Å²) in [7, 11) is 0. The van der Waals surface area contributed by atoms with E-state index in [1.807, 2.05) is 4.90 Å². The van der Waals surface area contributed by atoms with Crippen molar-refractivity contribution in [1.82, 2.24) is 10.2 Å². The molecule has 2 nitrogen and oxygen atoms in total. The van der Waals surface area contributed by atoms with E-state index in [0.717, 1.165) is 12.1 Å². The van der Waals surface area contributed by atoms with Gasteiger partial charge in [-0.15, -0.1) is 36.2 Å². The maximum absolute atomic E-state index is 13.6. The van der Waals surface area contributed by atoms with Gasteiger partial charge in [0.05, 0.1) is 17.2 Å². The Morgan fingerprint density at radius 2 is 1.57 bits per heavy atom. The van der Waals surface area contributed by atoms with Gasteiger partial charge in [-0.3, -0.25) is 4.90 Å². The van der Waals surface area contributed by atoms with Gasteiger partial charge < -0.3 is 5.32 Å². The van der Waals surface area contributed by atoms with Crippen LogP contribution in [0, 0.1) is 0 Å². The van der Waals surface area contributed by atoms with E-state index in [4.69, 9.17) is 0 Å². The third-order valence-electron chi connectivity index (χ3n) is 4.31. The lowest BCUT2D eigenvalue weighted by molar-refractivity contribution is -0.143. The lowest BCUT2D eigenvalue weighted by Gasteiger charge is -2.36. The number of halogens is 8. The molecular formula is C17H18Cl2F6N2S. The van der Waals surface area contributed by atoms with Gasteiger partial charge in [0, 0.05) is 31.1 Å². The van der Waals surface area contributed by atoms with Gasteiger partial charge >= 0.3 is 12.4 Å². The second-order valence-electron chi connectivity index (χ2n) is 6.00. The minimum atomic E-state index is -4.87. The molecule has 28 heavy (non-hydrogen) atoms. The number of nitrogens with zero attached hydrogens (tertiary/aromatic N) is 1. The van der Waals surface area contributed by atoms with Gasteiger partial charge in [0.2, 0.25) is 0 Å². The molecular weight excluding hydrogens is 449 g/mol. The molecule has 158 valence electrons. The third kappa shape index (κ3) is 5.54. The van der Waals surface area contributed by atoms with Crippen LogP contribution in [0.5, 0.6) is 0 Å². The fourth-order valence-electron chi connectivity index (χ4n) is 3.13. The average molecular weight is 467 g/mol. The maximum atomic E-state index is 13.6. The standard InChI is InChI=1S/C17H16F6N2S.2ClH/c18-16(19,20)11-3-4-12(13(10-11)17(21,22)23)15(14-2-1-9-26-14)25-7-5-24-6-8-25;;/h1-4,9-10,15,24H,5-8H2;2*1H/t15-;;/m0../s1. The average Bonchev–Trinajstić information content (AvgIpc) is 3.08. The highest BCUT2D eigenvalue weighted by Crippen LogP contribution is 2.43. The number of alkyl halides is 6. The van der Waals surface area contributed by atoms with Crippen molar-refractivity contribution in [2.45, 2.75) is 18.4 Å². The summed E-state index contributed by atoms with van der Waals surface area (Å²) in [6.07, 6.45) is -9.70. The van der Waals surface area contributed by atoms with Gasteiger partial charge in [0.25, 0.3) is 0 Å². The van der Waals surface area contributed by atoms with E-state index in [1.54, 1.807) is 17.5 Å². The summed E-state index contributed by atoms with van der Waals surface area (Å²) in [5.41, 5.74) is -2.67. The van der Waals surface area contributed by atoms with Gasteiger partial charge in [-0.05, 0) is 29.1 Å². The van der Waals surface area contributed by atoms with Gasteiger partial charge in [-0.25, -0.2) is 0 Å². The van der Waals surface area contributed by atoms with Gasteiger partial charge in [-0.2, -0.15) is 26.3 Å². The lowest BCUT2D eigenvalue weighted by Crippen LogP contribution is -2.45. The molecule has 1 atom stereocenters. The molecule has 1 N–H and O–H groups in total. The second kappa shape index (κ2) is 9.67. The number of hydrogen-bond acceptors (Lipinski definition) is 3. The van der Waals surface area contributed by atoms with Crippen LogP contribution in [-0.2, 0) is 12.4 Å². The number of rotatable bonds is 3. The highest BCUT2D eigenvalue weighted by Gasteiger charge is 2.41. The summed E-state index contributed by atoms with van der Waals surface area (Å²) < 4.78 is 79.6. The highest BCUT2D eigenvalue weighted by molar-refractivity contribution is 7.10. The zero-order chi connectivity index (χ0) is 18.9. The largest absolute Gasteiger partial charge is 0.416 e. The topological polar surface area (TPSA) is 15.3 Å². The molecule has 0 amide bonds. The maximum Gasteiger partial charge on any atom is 0.416 e. The molecule has 0 spiro atoms. The Bertz CT molecular complexity index is 743. The Morgan fingerprint density at radius 1 is 0.929 bits per heavy atom. The Balaban J connectivity index is 0.00000196. The fraction of sp³-hybridized carbons (Fsp3) is 0.412. The molecule has 1 fully saturated rings. The van der Waals surface area contributed by atoms with Crippen molar-refractivity contribution in [1.29, 1.82) is 0 Å². The molecule has 2 heterocycles. The van der Waals surface area contributed by atoms with Crippen LogP contribution in [0.4, 0.5) is 26.3 Å². The number of benzene rings is 1. The molecule has 1 aromatic heterocycles. The van der Waals surface area contributed by atoms with Crippen LogP contribution in [-0.4, -0.2) is 31.1 Å². The molecule has 3 rings (SSSR count). The van der Waals surface area contributed by atoms with Crippen molar-refractivity contribution >= 4 is 36.2 Å². The zero-order valence-electron chi connectivity index (χ0n) is 14.3. The summed E-state index contributed by atoms with van der Waals surface area (Å²) in [5, 5.41) is 4.88. The summed E-state index contributed by atoms with van der Waals surface area (Å²) in [6.45, 7) is 2.26. The molecule has 0 radical (unpaired) electrons. The van der Waals surface area contributed by atoms with E-state index in [0.29, 0.717) is 31.1 Å². The number of thiophene rings is 1. The molecule has 1 saturated heterocycles. The van der Waals surface area contributed by atoms with Crippen molar-refractivity contribution in [3.05, 3.63) is 57.3 Å². The minimum Gasteiger partial charge on any atom is -0.314 e. The van der Waals surface area contributed by atoms with E-state index in [1.165, 1.54) is 11.3 Å². The molecule has 1 aliphatic heterocycles. The lowest BCUT2D eigenvalue weighted by atomic mass is 9.94. The van der Waals surface area contributed by atoms with Crippen molar-refractivity contribution in [2.24, 2.45) is 0 Å². The van der Waals surface area contributed by atoms with E-state index in [9.17, 15) is 26.3 Å². The van der Waals surface area contributed by atoms with Crippen LogP contribution < -0.4 is 5.32 Å². The molecule has 0 bridgehead atoms. The van der Waals surface area contributed by atoms with E-state index < -0.39 is 29.5 Å². The van der Waals surface area contributed by atoms with Gasteiger partial charge in [-0.1, -0.05) is 12.1 Å². The second-order valence-corrected chi connectivity index (χ2v) is 6.98. The van der Waals surface area contributed by atoms with E-state index in [2.05, 4.69) is 5.32 Å². The summed E-state index contributed by atoms with van der Waals surface area (Å²) in [6, 6.07) is 4.64. The normalized spacial score (nSPS) is 16.8. The highest BCUT2D eigenvalue weighted by atomic mass is 35.5. The van der Waals surface area contributed by atoms with Crippen molar-refractivity contribution < 1.29 is 26.3 Å². The summed E-state index contributed by atoms with van der Waals surface area (Å²) in [5.74, 6) is 0. The first-order valence-electron chi connectivity index (χ1n) is 7.94. The van der Waals surface area contributed by atoms with Gasteiger partial charge in [0.15, 0.2) is 0 Å². The Kier molecular flexibility index (Phi) is 8.64. The Labute approximate surface area is 174 Å². The summed E-state index contributed by atoms with van der Waals surface area (Å²) >= 11 is 1.30. The van der Waals surface area contributed by atoms with Crippen LogP contribution in [0.25, 0.3) is 0 Å². The first kappa shape index (κ1) is 25.0. The van der Waals surface area contributed by atoms with Crippen LogP contribution in [0.1, 0.15) is 27.6 Å². The van der Waals surface area contributed by atoms with Crippen LogP contribution in [0.2, 0.25) is 0 Å². The minimum absolute atomic E-state index is 0. The SMILES string of the molecule is Cl.Cl.FC(F)(F)c1ccc([C@@H](c2cccs2)N2CCNCC2)c(C(F)(F)F)c1. The first-order valence-corrected chi connectivity index (χ1v) is 8.82. The van der Waals surface area contributed by atoms with Gasteiger partial charge in [0.1, 0.15) is 0 Å². The zero-order valence-corrected chi connectivity index (χ0v) is 16.8. The third-order valence-corrected chi connectivity index (χ3v) is 5.23. The van der Waals surface area contributed by atoms with E-state index in [-0.39, 0.29) is 36.4 Å². The summed E-state index contributed by atoms with van der Waals surface area (Å²) in [4.78, 5) is 2.55. The number of nitrogens with one attached hydrogen (secondary N) is 1. The molecule has 0 saturated carbocycles. The van der Waals surface area contributed by atoms with Crippen LogP contribution in [0.15, 0.2) is 35.7 Å².